The lowest BCUT2D eigenvalue weighted by Gasteiger charge is -2.09. The van der Waals surface area contributed by atoms with Crippen LogP contribution in [0.25, 0.3) is 5.65 Å². The van der Waals surface area contributed by atoms with Crippen molar-refractivity contribution in [3.63, 3.8) is 0 Å². The number of nitrogens with one attached hydrogen (secondary N) is 1. The van der Waals surface area contributed by atoms with E-state index >= 15 is 0 Å². The number of imidazole rings is 1. The molecule has 0 saturated carbocycles. The molecule has 0 radical (unpaired) electrons. The number of carbonyl (C=O) groups excluding carboxylic acids is 1. The number of thioether (sulfide) groups is 1. The third-order valence-corrected chi connectivity index (χ3v) is 3.06. The first-order chi connectivity index (χ1) is 10.4. The monoisotopic (exact) mass is 335 g/mol. The van der Waals surface area contributed by atoms with Gasteiger partial charge in [-0.25, -0.2) is 9.50 Å². The largest absolute Gasteiger partial charge is 0.465 e. The predicted molar refractivity (Wildman–Crippen MR) is 72.7 cm³/mol. The molecule has 0 fully saturated rings. The molecule has 0 unspecified atom stereocenters. The molecule has 11 heteroatoms. The molecule has 2 aromatic rings. The first-order valence-corrected chi connectivity index (χ1v) is 7.35. The third-order valence-electron chi connectivity index (χ3n) is 2.52. The number of halogens is 3. The van der Waals surface area contributed by atoms with Crippen LogP contribution < -0.4 is 5.32 Å². The zero-order valence-corrected chi connectivity index (χ0v) is 12.5. The van der Waals surface area contributed by atoms with Gasteiger partial charge in [0.1, 0.15) is 6.54 Å². The highest BCUT2D eigenvalue weighted by Crippen LogP contribution is 2.30. The molecule has 0 amide bonds. The Bertz CT molecular complexity index is 688. The number of esters is 1. The highest BCUT2D eigenvalue weighted by atomic mass is 32.2. The van der Waals surface area contributed by atoms with Crippen LogP contribution in [0.5, 0.6) is 0 Å². The quantitative estimate of drug-likeness (QED) is 0.659. The number of nitrogens with zero attached hydrogens (tertiary/aromatic N) is 4. The maximum atomic E-state index is 12.9. The van der Waals surface area contributed by atoms with Crippen molar-refractivity contribution in [2.45, 2.75) is 18.3 Å². The summed E-state index contributed by atoms with van der Waals surface area (Å²) in [5.41, 5.74) is -1.13. The molecular formula is C11H12F3N5O2S. The Morgan fingerprint density at radius 1 is 1.50 bits per heavy atom. The lowest BCUT2D eigenvalue weighted by Crippen LogP contribution is -2.19. The molecule has 0 spiro atoms. The molecule has 0 aromatic carbocycles. The summed E-state index contributed by atoms with van der Waals surface area (Å²) in [4.78, 5) is 19.0. The fourth-order valence-corrected chi connectivity index (χ4v) is 1.97. The summed E-state index contributed by atoms with van der Waals surface area (Å²) in [5, 5.41) is 6.51. The molecule has 0 saturated heterocycles. The van der Waals surface area contributed by atoms with E-state index in [9.17, 15) is 18.0 Å². The van der Waals surface area contributed by atoms with Gasteiger partial charge < -0.3 is 10.1 Å². The van der Waals surface area contributed by atoms with Crippen molar-refractivity contribution in [2.24, 2.45) is 0 Å². The lowest BCUT2D eigenvalue weighted by molar-refractivity contribution is -0.142. The molecular weight excluding hydrogens is 323 g/mol. The number of rotatable bonds is 5. The molecule has 2 aromatic heterocycles. The normalized spacial score (nSPS) is 11.7. The Hall–Kier alpha value is -2.04. The van der Waals surface area contributed by atoms with Crippen molar-refractivity contribution in [3.8, 4) is 0 Å². The average Bonchev–Trinajstić information content (AvgIpc) is 2.88. The number of aromatic nitrogens is 4. The summed E-state index contributed by atoms with van der Waals surface area (Å²) >= 11 is 1.07. The van der Waals surface area contributed by atoms with Crippen LogP contribution in [0.4, 0.5) is 19.0 Å². The van der Waals surface area contributed by atoms with Crippen molar-refractivity contribution in [3.05, 3.63) is 11.9 Å². The van der Waals surface area contributed by atoms with Crippen molar-refractivity contribution in [2.75, 3.05) is 24.7 Å². The van der Waals surface area contributed by atoms with Crippen LogP contribution in [0.15, 0.2) is 11.4 Å². The molecule has 0 bridgehead atoms. The molecule has 22 heavy (non-hydrogen) atoms. The Labute approximate surface area is 127 Å². The van der Waals surface area contributed by atoms with Crippen molar-refractivity contribution in [1.82, 2.24) is 19.6 Å². The van der Waals surface area contributed by atoms with Gasteiger partial charge in [-0.2, -0.15) is 18.2 Å². The van der Waals surface area contributed by atoms with Gasteiger partial charge in [0.2, 0.25) is 5.16 Å². The Kier molecular flexibility index (Phi) is 4.74. The number of anilines is 1. The second kappa shape index (κ2) is 6.38. The number of hydrogen-bond acceptors (Lipinski definition) is 7. The van der Waals surface area contributed by atoms with Gasteiger partial charge >= 0.3 is 12.1 Å². The van der Waals surface area contributed by atoms with Gasteiger partial charge in [0, 0.05) is 0 Å². The summed E-state index contributed by atoms with van der Waals surface area (Å²) in [6, 6.07) is 0. The zero-order valence-electron chi connectivity index (χ0n) is 11.6. The lowest BCUT2D eigenvalue weighted by atomic mass is 10.5. The number of fused-ring (bicyclic) bond motifs is 1. The van der Waals surface area contributed by atoms with E-state index in [1.54, 1.807) is 13.2 Å². The zero-order chi connectivity index (χ0) is 16.3. The molecule has 120 valence electrons. The van der Waals surface area contributed by atoms with Gasteiger partial charge in [-0.05, 0) is 13.2 Å². The SMILES string of the molecule is CCOC(=O)CNc1nc(SC)nn2c(C(F)(F)F)cnc12. The fourth-order valence-electron chi connectivity index (χ4n) is 1.63. The highest BCUT2D eigenvalue weighted by molar-refractivity contribution is 7.98. The first kappa shape index (κ1) is 16.3. The molecule has 1 N–H and O–H groups in total. The first-order valence-electron chi connectivity index (χ1n) is 6.13. The molecule has 0 aliphatic heterocycles. The number of ether oxygens (including phenoxy) is 1. The molecule has 0 atom stereocenters. The van der Waals surface area contributed by atoms with E-state index in [1.807, 2.05) is 0 Å². The Balaban J connectivity index is 2.41. The van der Waals surface area contributed by atoms with E-state index in [-0.39, 0.29) is 29.8 Å². The average molecular weight is 335 g/mol. The molecule has 2 rings (SSSR count). The number of carbonyl (C=O) groups is 1. The summed E-state index contributed by atoms with van der Waals surface area (Å²) in [6.07, 6.45) is -2.30. The number of hydrogen-bond donors (Lipinski definition) is 1. The van der Waals surface area contributed by atoms with Gasteiger partial charge in [0.25, 0.3) is 0 Å². The van der Waals surface area contributed by atoms with Gasteiger partial charge in [0.15, 0.2) is 17.2 Å². The van der Waals surface area contributed by atoms with E-state index in [4.69, 9.17) is 4.74 Å². The predicted octanol–water partition coefficient (Wildman–Crippen LogP) is 1.84. The van der Waals surface area contributed by atoms with Gasteiger partial charge in [0.05, 0.1) is 12.8 Å². The van der Waals surface area contributed by atoms with Crippen LogP contribution in [-0.2, 0) is 15.7 Å². The number of alkyl halides is 3. The van der Waals surface area contributed by atoms with E-state index in [0.717, 1.165) is 11.8 Å². The molecule has 0 aliphatic rings. The van der Waals surface area contributed by atoms with Crippen molar-refractivity contribution in [1.29, 1.82) is 0 Å². The summed E-state index contributed by atoms with van der Waals surface area (Å²) < 4.78 is 44.1. The summed E-state index contributed by atoms with van der Waals surface area (Å²) in [7, 11) is 0. The second-order valence-corrected chi connectivity index (χ2v) is 4.76. The minimum atomic E-state index is -4.60. The van der Waals surface area contributed by atoms with E-state index in [2.05, 4.69) is 20.4 Å². The van der Waals surface area contributed by atoms with Crippen LogP contribution in [0.2, 0.25) is 0 Å². The maximum absolute atomic E-state index is 12.9. The molecule has 2 heterocycles. The van der Waals surface area contributed by atoms with Gasteiger partial charge in [-0.3, -0.25) is 4.79 Å². The topological polar surface area (TPSA) is 81.4 Å². The Morgan fingerprint density at radius 2 is 2.23 bits per heavy atom. The maximum Gasteiger partial charge on any atom is 0.435 e. The van der Waals surface area contributed by atoms with Gasteiger partial charge in [-0.1, -0.05) is 11.8 Å². The second-order valence-electron chi connectivity index (χ2n) is 3.98. The van der Waals surface area contributed by atoms with Crippen LogP contribution in [0.1, 0.15) is 12.6 Å². The van der Waals surface area contributed by atoms with Gasteiger partial charge in [-0.15, -0.1) is 5.10 Å². The van der Waals surface area contributed by atoms with Crippen LogP contribution in [0, 0.1) is 0 Å². The summed E-state index contributed by atoms with van der Waals surface area (Å²) in [5.74, 6) is -0.518. The van der Waals surface area contributed by atoms with Crippen LogP contribution >= 0.6 is 11.8 Å². The Morgan fingerprint density at radius 3 is 2.82 bits per heavy atom. The summed E-state index contributed by atoms with van der Waals surface area (Å²) in [6.45, 7) is 1.62. The standard InChI is InChI=1S/C11H12F3N5O2S/c1-3-21-7(20)5-15-8-9-16-4-6(11(12,13)14)19(9)18-10(17-8)22-2/h4H,3,5H2,1-2H3,(H,15,17,18). The fraction of sp³-hybridized carbons (Fsp3) is 0.455. The van der Waals surface area contributed by atoms with E-state index in [1.165, 1.54) is 0 Å². The molecule has 7 nitrogen and oxygen atoms in total. The van der Waals surface area contributed by atoms with Crippen molar-refractivity contribution >= 4 is 29.2 Å². The van der Waals surface area contributed by atoms with E-state index < -0.39 is 17.8 Å². The third kappa shape index (κ3) is 3.40. The minimum absolute atomic E-state index is 0.0305. The smallest absolute Gasteiger partial charge is 0.435 e. The molecule has 0 aliphatic carbocycles. The minimum Gasteiger partial charge on any atom is -0.465 e. The van der Waals surface area contributed by atoms with Crippen LogP contribution in [-0.4, -0.2) is 45.0 Å². The van der Waals surface area contributed by atoms with Crippen molar-refractivity contribution < 1.29 is 22.7 Å². The van der Waals surface area contributed by atoms with E-state index in [0.29, 0.717) is 10.7 Å². The van der Waals surface area contributed by atoms with Crippen LogP contribution in [0.3, 0.4) is 0 Å². The highest BCUT2D eigenvalue weighted by Gasteiger charge is 2.36.